The fraction of sp³-hybridized carbons (Fsp3) is 0.0833. The summed E-state index contributed by atoms with van der Waals surface area (Å²) in [4.78, 5) is 27.3. The molecule has 4 rings (SSSR count). The number of benzene rings is 3. The summed E-state index contributed by atoms with van der Waals surface area (Å²) in [6.07, 6.45) is 0. The van der Waals surface area contributed by atoms with Crippen molar-refractivity contribution in [1.29, 1.82) is 0 Å². The van der Waals surface area contributed by atoms with Crippen molar-refractivity contribution < 1.29 is 29.6 Å². The number of amides is 1. The highest BCUT2D eigenvalue weighted by atomic mass is 35.5. The molecule has 0 bridgehead atoms. The van der Waals surface area contributed by atoms with Gasteiger partial charge in [-0.1, -0.05) is 47.5 Å². The number of ketones is 1. The van der Waals surface area contributed by atoms with Crippen molar-refractivity contribution in [3.63, 3.8) is 0 Å². The van der Waals surface area contributed by atoms with E-state index < -0.39 is 23.5 Å². The average molecular weight is 486 g/mol. The fourth-order valence-electron chi connectivity index (χ4n) is 3.81. The quantitative estimate of drug-likeness (QED) is 0.271. The largest absolute Gasteiger partial charge is 0.508 e. The van der Waals surface area contributed by atoms with Gasteiger partial charge < -0.3 is 20.1 Å². The first-order chi connectivity index (χ1) is 15.7. The standard InChI is InChI=1S/C24H17Cl2NO6/c1-33-23-15(25)10-13(11-16(23)26)21(30)19-20(12-5-4-6-14(28)9-12)27(24(32)22(19)31)17-7-2-3-8-18(17)29/h2-11,20,28-30H,1H3/b21-19+. The van der Waals surface area contributed by atoms with Crippen molar-refractivity contribution in [2.24, 2.45) is 0 Å². The van der Waals surface area contributed by atoms with Crippen LogP contribution >= 0.6 is 23.2 Å². The number of hydrogen-bond donors (Lipinski definition) is 3. The molecular weight excluding hydrogens is 469 g/mol. The highest BCUT2D eigenvalue weighted by Gasteiger charge is 2.47. The van der Waals surface area contributed by atoms with E-state index in [9.17, 15) is 24.9 Å². The molecule has 1 aliphatic heterocycles. The second-order valence-electron chi connectivity index (χ2n) is 7.23. The van der Waals surface area contributed by atoms with E-state index in [1.165, 1.54) is 49.6 Å². The zero-order valence-electron chi connectivity index (χ0n) is 17.1. The number of hydrogen-bond acceptors (Lipinski definition) is 6. The molecule has 0 spiro atoms. The Morgan fingerprint density at radius 3 is 2.24 bits per heavy atom. The third-order valence-corrected chi connectivity index (χ3v) is 5.81. The van der Waals surface area contributed by atoms with Crippen molar-refractivity contribution in [3.8, 4) is 17.2 Å². The number of phenolic OH excluding ortho intramolecular Hbond substituents is 2. The average Bonchev–Trinajstić information content (AvgIpc) is 3.04. The van der Waals surface area contributed by atoms with Crippen LogP contribution in [0.1, 0.15) is 17.2 Å². The molecule has 1 atom stereocenters. The van der Waals surface area contributed by atoms with E-state index in [1.54, 1.807) is 18.2 Å². The molecule has 3 N–H and O–H groups in total. The molecule has 0 aliphatic carbocycles. The van der Waals surface area contributed by atoms with Crippen LogP contribution in [0.4, 0.5) is 5.69 Å². The van der Waals surface area contributed by atoms with Crippen LogP contribution in [-0.2, 0) is 9.59 Å². The molecular formula is C24H17Cl2NO6. The Morgan fingerprint density at radius 1 is 0.970 bits per heavy atom. The maximum Gasteiger partial charge on any atom is 0.300 e. The van der Waals surface area contributed by atoms with Crippen molar-refractivity contribution in [2.45, 2.75) is 6.04 Å². The van der Waals surface area contributed by atoms with Crippen LogP contribution in [0.2, 0.25) is 10.0 Å². The lowest BCUT2D eigenvalue weighted by Crippen LogP contribution is -2.29. The molecule has 9 heteroatoms. The van der Waals surface area contributed by atoms with Gasteiger partial charge in [-0.05, 0) is 42.0 Å². The molecule has 0 radical (unpaired) electrons. The number of Topliss-reactive ketones (excluding diaryl/α,β-unsaturated/α-hetero) is 1. The van der Waals surface area contributed by atoms with Crippen LogP contribution in [0.5, 0.6) is 17.2 Å². The number of anilines is 1. The highest BCUT2D eigenvalue weighted by molar-refractivity contribution is 6.52. The van der Waals surface area contributed by atoms with E-state index in [0.717, 1.165) is 4.90 Å². The lowest BCUT2D eigenvalue weighted by molar-refractivity contribution is -0.132. The van der Waals surface area contributed by atoms with Gasteiger partial charge in [0.25, 0.3) is 11.7 Å². The molecule has 168 valence electrons. The molecule has 3 aromatic carbocycles. The zero-order chi connectivity index (χ0) is 23.9. The molecule has 1 amide bonds. The van der Waals surface area contributed by atoms with E-state index in [-0.39, 0.29) is 44.1 Å². The highest BCUT2D eigenvalue weighted by Crippen LogP contribution is 2.46. The van der Waals surface area contributed by atoms with Crippen LogP contribution in [0.25, 0.3) is 5.76 Å². The summed E-state index contributed by atoms with van der Waals surface area (Å²) in [5.74, 6) is -2.62. The van der Waals surface area contributed by atoms with Gasteiger partial charge in [0.2, 0.25) is 0 Å². The molecule has 1 aliphatic rings. The summed E-state index contributed by atoms with van der Waals surface area (Å²) in [7, 11) is 1.38. The maximum atomic E-state index is 13.1. The number of carbonyl (C=O) groups is 2. The number of methoxy groups -OCH3 is 1. The van der Waals surface area contributed by atoms with E-state index in [2.05, 4.69) is 0 Å². The van der Waals surface area contributed by atoms with Crippen LogP contribution < -0.4 is 9.64 Å². The Bertz CT molecular complexity index is 1300. The van der Waals surface area contributed by atoms with Crippen LogP contribution in [0.3, 0.4) is 0 Å². The van der Waals surface area contributed by atoms with E-state index in [0.29, 0.717) is 5.56 Å². The number of ether oxygens (including phenoxy) is 1. The van der Waals surface area contributed by atoms with E-state index in [1.807, 2.05) is 0 Å². The summed E-state index contributed by atoms with van der Waals surface area (Å²) in [6, 6.07) is 13.5. The first-order valence-corrected chi connectivity index (χ1v) is 10.4. The molecule has 1 saturated heterocycles. The topological polar surface area (TPSA) is 107 Å². The summed E-state index contributed by atoms with van der Waals surface area (Å²) in [5, 5.41) is 31.7. The first kappa shape index (κ1) is 22.5. The van der Waals surface area contributed by atoms with Gasteiger partial charge in [0.05, 0.1) is 34.5 Å². The van der Waals surface area contributed by atoms with Gasteiger partial charge in [-0.3, -0.25) is 14.5 Å². The maximum absolute atomic E-state index is 13.1. The number of halogens is 2. The number of phenols is 2. The lowest BCUT2D eigenvalue weighted by atomic mass is 9.95. The predicted octanol–water partition coefficient (Wildman–Crippen LogP) is 5.04. The summed E-state index contributed by atoms with van der Waals surface area (Å²) < 4.78 is 5.12. The number of aliphatic hydroxyl groups is 1. The Hall–Kier alpha value is -3.68. The third kappa shape index (κ3) is 3.86. The van der Waals surface area contributed by atoms with Crippen LogP contribution in [0, 0.1) is 0 Å². The molecule has 33 heavy (non-hydrogen) atoms. The van der Waals surface area contributed by atoms with Crippen molar-refractivity contribution in [2.75, 3.05) is 12.0 Å². The van der Waals surface area contributed by atoms with E-state index >= 15 is 0 Å². The van der Waals surface area contributed by atoms with Crippen molar-refractivity contribution in [1.82, 2.24) is 0 Å². The number of nitrogens with zero attached hydrogens (tertiary/aromatic N) is 1. The Labute approximate surface area is 198 Å². The van der Waals surface area contributed by atoms with Crippen LogP contribution in [-0.4, -0.2) is 34.1 Å². The Kier molecular flexibility index (Phi) is 5.93. The smallest absolute Gasteiger partial charge is 0.300 e. The minimum absolute atomic E-state index is 0.0674. The van der Waals surface area contributed by atoms with Gasteiger partial charge in [-0.2, -0.15) is 0 Å². The molecule has 1 unspecified atom stereocenters. The number of aliphatic hydroxyl groups excluding tert-OH is 1. The van der Waals surface area contributed by atoms with E-state index in [4.69, 9.17) is 27.9 Å². The molecule has 0 aromatic heterocycles. The summed E-state index contributed by atoms with van der Waals surface area (Å²) in [6.45, 7) is 0. The predicted molar refractivity (Wildman–Crippen MR) is 124 cm³/mol. The van der Waals surface area contributed by atoms with Gasteiger partial charge in [0.15, 0.2) is 5.75 Å². The number of carbonyl (C=O) groups excluding carboxylic acids is 2. The molecule has 3 aromatic rings. The van der Waals surface area contributed by atoms with Crippen molar-refractivity contribution >= 4 is 46.3 Å². The lowest BCUT2D eigenvalue weighted by Gasteiger charge is -2.26. The number of para-hydroxylation sites is 2. The summed E-state index contributed by atoms with van der Waals surface area (Å²) >= 11 is 12.4. The SMILES string of the molecule is COc1c(Cl)cc(/C(O)=C2\C(=O)C(=O)N(c3ccccc3O)C2c2cccc(O)c2)cc1Cl. The Balaban J connectivity index is 1.99. The first-order valence-electron chi connectivity index (χ1n) is 9.66. The molecule has 1 heterocycles. The molecule has 7 nitrogen and oxygen atoms in total. The fourth-order valence-corrected chi connectivity index (χ4v) is 4.45. The third-order valence-electron chi connectivity index (χ3n) is 5.25. The second-order valence-corrected chi connectivity index (χ2v) is 8.04. The monoisotopic (exact) mass is 485 g/mol. The molecule has 0 saturated carbocycles. The molecule has 1 fully saturated rings. The zero-order valence-corrected chi connectivity index (χ0v) is 18.6. The van der Waals surface area contributed by atoms with Gasteiger partial charge in [0, 0.05) is 5.56 Å². The van der Waals surface area contributed by atoms with Gasteiger partial charge >= 0.3 is 0 Å². The second kappa shape index (κ2) is 8.69. The van der Waals surface area contributed by atoms with Gasteiger partial charge in [-0.25, -0.2) is 0 Å². The van der Waals surface area contributed by atoms with Crippen LogP contribution in [0.15, 0.2) is 66.2 Å². The van der Waals surface area contributed by atoms with Gasteiger partial charge in [0.1, 0.15) is 17.3 Å². The minimum atomic E-state index is -1.15. The normalized spacial score (nSPS) is 17.4. The van der Waals surface area contributed by atoms with Crippen molar-refractivity contribution in [3.05, 3.63) is 87.4 Å². The summed E-state index contributed by atoms with van der Waals surface area (Å²) in [5.41, 5.74) is 0.236. The number of rotatable bonds is 4. The Morgan fingerprint density at radius 2 is 1.64 bits per heavy atom. The van der Waals surface area contributed by atoms with Gasteiger partial charge in [-0.15, -0.1) is 0 Å². The number of aromatic hydroxyl groups is 2. The minimum Gasteiger partial charge on any atom is -0.508 e.